The van der Waals surface area contributed by atoms with E-state index in [0.29, 0.717) is 6.92 Å². The molecule has 2 amide bonds. The molecule has 0 radical (unpaired) electrons. The van der Waals surface area contributed by atoms with Gasteiger partial charge in [-0.25, -0.2) is 0 Å². The van der Waals surface area contributed by atoms with Gasteiger partial charge in [0, 0.05) is 0 Å². The number of hydrogen-bond acceptors (Lipinski definition) is 4. The van der Waals surface area contributed by atoms with Gasteiger partial charge in [-0.3, -0.25) is 0 Å². The molecule has 0 spiro atoms. The van der Waals surface area contributed by atoms with Crippen LogP contribution in [0.1, 0.15) is 20.8 Å². The van der Waals surface area contributed by atoms with Gasteiger partial charge in [0.2, 0.25) is 0 Å². The van der Waals surface area contributed by atoms with Crippen molar-refractivity contribution in [2.45, 2.75) is 34.6 Å². The summed E-state index contributed by atoms with van der Waals surface area (Å²) in [5.74, 6) is -0.909. The molecule has 6 heteroatoms. The zero-order chi connectivity index (χ0) is 14.5. The molecule has 111 valence electrons. The summed E-state index contributed by atoms with van der Waals surface area (Å²) in [6, 6.07) is 0. The molecule has 0 aromatic rings. The van der Waals surface area contributed by atoms with Gasteiger partial charge in [-0.1, -0.05) is 0 Å². The fourth-order valence-corrected chi connectivity index (χ4v) is 4.22. The minimum atomic E-state index is -0.431. The second kappa shape index (κ2) is 5.80. The van der Waals surface area contributed by atoms with Crippen molar-refractivity contribution in [1.82, 2.24) is 4.90 Å². The Morgan fingerprint density at radius 3 is 2.37 bits per heavy atom. The molecule has 0 aromatic heterocycles. The molecule has 0 bridgehead atoms. The van der Waals surface area contributed by atoms with E-state index in [2.05, 4.69) is 20.8 Å². The molecular weight excluding hydrogens is 486 g/mol. The second-order valence-electron chi connectivity index (χ2n) is 5.31. The fraction of sp³-hybridized carbons (Fsp3) is 0.615. The summed E-state index contributed by atoms with van der Waals surface area (Å²) in [6.07, 6.45) is 2.45. The van der Waals surface area contributed by atoms with Crippen molar-refractivity contribution in [3.8, 4) is 0 Å². The first-order valence-corrected chi connectivity index (χ1v) is 9.46. The van der Waals surface area contributed by atoms with E-state index in [1.54, 1.807) is 0 Å². The van der Waals surface area contributed by atoms with Crippen LogP contribution >= 0.6 is 0 Å². The summed E-state index contributed by atoms with van der Waals surface area (Å²) in [4.78, 5) is 35.0. The van der Waals surface area contributed by atoms with Crippen molar-refractivity contribution >= 4 is 17.8 Å². The van der Waals surface area contributed by atoms with Gasteiger partial charge < -0.3 is 0 Å². The van der Waals surface area contributed by atoms with Crippen LogP contribution in [0.25, 0.3) is 0 Å². The van der Waals surface area contributed by atoms with Crippen LogP contribution in [0.4, 0.5) is 0 Å². The van der Waals surface area contributed by atoms with Gasteiger partial charge in [0.05, 0.1) is 0 Å². The molecule has 0 aromatic carbocycles. The van der Waals surface area contributed by atoms with Crippen molar-refractivity contribution in [2.75, 3.05) is 13.2 Å². The molecule has 1 aliphatic rings. The zero-order valence-corrected chi connectivity index (χ0v) is 13.9. The third-order valence-corrected chi connectivity index (χ3v) is 6.68. The summed E-state index contributed by atoms with van der Waals surface area (Å²) in [5.41, 5.74) is 0.270. The van der Waals surface area contributed by atoms with E-state index in [1.165, 1.54) is 12.2 Å². The number of esters is 1. The Kier molecular flexibility index (Phi) is 4.40. The van der Waals surface area contributed by atoms with E-state index in [4.69, 9.17) is 4.74 Å². The van der Waals surface area contributed by atoms with Gasteiger partial charge in [0.25, 0.3) is 0 Å². The van der Waals surface area contributed by atoms with Gasteiger partial charge in [0.15, 0.2) is 0 Å². The Labute approximate surface area is 108 Å². The first-order valence-electron chi connectivity index (χ1n) is 5.91. The van der Waals surface area contributed by atoms with Crippen molar-refractivity contribution in [3.63, 3.8) is 0 Å². The molecule has 5 nitrogen and oxygen atoms in total. The molecule has 0 aliphatic carbocycles. The van der Waals surface area contributed by atoms with Gasteiger partial charge in [0.1, 0.15) is 0 Å². The second-order valence-corrected chi connectivity index (χ2v) is 8.34. The van der Waals surface area contributed by atoms with Crippen LogP contribution in [0.15, 0.2) is 12.2 Å². The summed E-state index contributed by atoms with van der Waals surface area (Å²) in [5, 5.41) is 0. The number of rotatable bonds is 6. The third kappa shape index (κ3) is 5.02. The SMILES string of the molecule is CC(C)(C)[CH2][Es][CH2]C(=O)OCCN1C(=O)C=CC1=O. The summed E-state index contributed by atoms with van der Waals surface area (Å²) >= 11 is 0. The summed E-state index contributed by atoms with van der Waals surface area (Å²) in [7, 11) is 0. The Bertz CT molecular complexity index is 380. The van der Waals surface area contributed by atoms with Crippen LogP contribution in [0, 0.1) is 5.41 Å². The van der Waals surface area contributed by atoms with Crippen molar-refractivity contribution in [3.05, 3.63) is 12.2 Å². The number of hydrogen-bond donors (Lipinski definition) is 0. The van der Waals surface area contributed by atoms with Gasteiger partial charge in [-0.2, -0.15) is 0 Å². The van der Waals surface area contributed by atoms with Crippen LogP contribution in [0.5, 0.6) is 0 Å². The fourth-order valence-electron chi connectivity index (χ4n) is 1.26. The Morgan fingerprint density at radius 1 is 1.26 bits per heavy atom. The third-order valence-electron chi connectivity index (χ3n) is 2.04. The molecule has 0 fully saturated rings. The van der Waals surface area contributed by atoms with Gasteiger partial charge in [-0.05, 0) is 0 Å². The number of ether oxygens (including phenoxy) is 1. The summed E-state index contributed by atoms with van der Waals surface area (Å²) < 4.78 is 4.61. The molecule has 0 atom stereocenters. The van der Waals surface area contributed by atoms with Crippen molar-refractivity contribution < 1.29 is 19.1 Å². The standard InChI is InChI=1S/C8H8NO4.C5H11.Es/c1-6(10)13-5-4-9-7(11)2-3-8(9)12;1-5(2,3)4;/h2-3H,1,4-5H2;1H2,2-4H3;. The number of amides is 2. The molecular formula is C13H19EsNO4. The molecule has 1 rings (SSSR count). The number of nitrogens with zero attached hydrogens (tertiary/aromatic N) is 1. The van der Waals surface area contributed by atoms with E-state index < -0.39 is 0 Å². The van der Waals surface area contributed by atoms with Gasteiger partial charge >= 0.3 is 107 Å². The maximum atomic E-state index is 11.5. The average Bonchev–Trinajstić information content (AvgIpc) is 2.58. The number of carbonyl (C=O) groups is 3. The first kappa shape index (κ1) is 14.4. The summed E-state index contributed by atoms with van der Waals surface area (Å²) in [6.45, 7) is 8.29. The van der Waals surface area contributed by atoms with Crippen LogP contribution in [0.2, 0.25) is 13.8 Å². The molecule has 1 aliphatic heterocycles. The predicted molar refractivity (Wildman–Crippen MR) is 65.9 cm³/mol. The molecule has 1 heterocycles. The van der Waals surface area contributed by atoms with E-state index in [1.807, 2.05) is 0 Å². The number of carbonyl (C=O) groups excluding carboxylic acids is 3. The van der Waals surface area contributed by atoms with E-state index in [9.17, 15) is 14.4 Å². The van der Waals surface area contributed by atoms with Crippen molar-refractivity contribution in [1.29, 1.82) is 0 Å². The predicted octanol–water partition coefficient (Wildman–Crippen LogP) is 1.42. The first-order chi connectivity index (χ1) is 8.79. The zero-order valence-electron chi connectivity index (χ0n) is 11.4. The number of imide groups is 1. The quantitative estimate of drug-likeness (QED) is 0.405. The maximum absolute atomic E-state index is 11.5. The monoisotopic (exact) mass is 505 g/mol. The topological polar surface area (TPSA) is 63.7 Å². The van der Waals surface area contributed by atoms with Crippen molar-refractivity contribution in [2.24, 2.45) is 5.41 Å². The van der Waals surface area contributed by atoms with E-state index >= 15 is 0 Å². The minimum absolute atomic E-state index is 0.0850. The Balaban J connectivity index is 2.14. The van der Waals surface area contributed by atoms with Crippen LogP contribution < -0.4 is 0 Å². The van der Waals surface area contributed by atoms with Crippen LogP contribution in [0.3, 0.4) is 0 Å². The molecule has 19 heavy (non-hydrogen) atoms. The van der Waals surface area contributed by atoms with E-state index in [0.717, 1.165) is 11.8 Å². The molecule has 0 N–H and O–H groups in total. The molecule has 0 saturated carbocycles. The normalized spacial score (nSPS) is 14.8. The Hall–Kier alpha value is -2.65. The van der Waals surface area contributed by atoms with Crippen LogP contribution in [-0.4, -0.2) is 35.8 Å². The Morgan fingerprint density at radius 2 is 1.84 bits per heavy atom. The van der Waals surface area contributed by atoms with Gasteiger partial charge in [-0.15, -0.1) is 0 Å². The average molecular weight is 505 g/mol. The molecule has 0 saturated heterocycles. The van der Waals surface area contributed by atoms with E-state index in [-0.39, 0.29) is 36.4 Å². The van der Waals surface area contributed by atoms with Crippen LogP contribution in [-0.2, 0) is 19.1 Å². The molecule has 0 unspecified atom stereocenters.